The van der Waals surface area contributed by atoms with Crippen LogP contribution in [-0.4, -0.2) is 0 Å². The summed E-state index contributed by atoms with van der Waals surface area (Å²) in [4.78, 5) is 0.347. The van der Waals surface area contributed by atoms with E-state index in [4.69, 9.17) is 0 Å². The van der Waals surface area contributed by atoms with Gasteiger partial charge in [0.25, 0.3) is 0 Å². The van der Waals surface area contributed by atoms with Crippen LogP contribution in [0.25, 0.3) is 0 Å². The normalized spacial score (nSPS) is 24.9. The Morgan fingerprint density at radius 2 is 2.12 bits per heavy atom. The predicted molar refractivity (Wildman–Crippen MR) is 73.9 cm³/mol. The fourth-order valence-electron chi connectivity index (χ4n) is 2.97. The molecule has 1 saturated carbocycles. The van der Waals surface area contributed by atoms with Crippen LogP contribution in [0.2, 0.25) is 0 Å². The smallest absolute Gasteiger partial charge is 0.126 e. The zero-order valence-corrected chi connectivity index (χ0v) is 12.3. The summed E-state index contributed by atoms with van der Waals surface area (Å²) < 4.78 is 13.3. The first-order valence-corrected chi connectivity index (χ1v) is 7.23. The molecule has 2 rings (SSSR count). The van der Waals surface area contributed by atoms with Gasteiger partial charge in [0.15, 0.2) is 0 Å². The number of halogens is 2. The largest absolute Gasteiger partial charge is 0.207 e. The van der Waals surface area contributed by atoms with Crippen LogP contribution in [-0.2, 0) is 0 Å². The van der Waals surface area contributed by atoms with Gasteiger partial charge in [-0.15, -0.1) is 0 Å². The zero-order valence-electron chi connectivity index (χ0n) is 10.8. The predicted octanol–water partition coefficient (Wildman–Crippen LogP) is 5.40. The van der Waals surface area contributed by atoms with E-state index in [2.05, 4.69) is 29.8 Å². The highest BCUT2D eigenvalue weighted by Crippen LogP contribution is 2.51. The van der Waals surface area contributed by atoms with E-state index in [1.165, 1.54) is 24.8 Å². The molecule has 0 N–H and O–H groups in total. The molecule has 0 spiro atoms. The van der Waals surface area contributed by atoms with E-state index in [9.17, 15) is 4.39 Å². The van der Waals surface area contributed by atoms with Crippen molar-refractivity contribution in [2.24, 2.45) is 11.3 Å². The Balaban J connectivity index is 2.25. The van der Waals surface area contributed by atoms with Crippen molar-refractivity contribution in [2.75, 3.05) is 0 Å². The Kier molecular flexibility index (Phi) is 3.63. The average molecular weight is 299 g/mol. The van der Waals surface area contributed by atoms with Crippen molar-refractivity contribution in [1.29, 1.82) is 0 Å². The third kappa shape index (κ3) is 2.57. The Morgan fingerprint density at radius 3 is 2.65 bits per heavy atom. The van der Waals surface area contributed by atoms with Crippen molar-refractivity contribution in [3.63, 3.8) is 0 Å². The van der Waals surface area contributed by atoms with Crippen LogP contribution < -0.4 is 0 Å². The molecule has 1 fully saturated rings. The van der Waals surface area contributed by atoms with Crippen LogP contribution in [0.15, 0.2) is 18.2 Å². The van der Waals surface area contributed by atoms with Gasteiger partial charge in [0, 0.05) is 4.83 Å². The van der Waals surface area contributed by atoms with Gasteiger partial charge < -0.3 is 0 Å². The first kappa shape index (κ1) is 13.1. The van der Waals surface area contributed by atoms with Crippen molar-refractivity contribution >= 4 is 15.9 Å². The molecular weight excluding hydrogens is 279 g/mol. The van der Waals surface area contributed by atoms with Gasteiger partial charge in [-0.1, -0.05) is 48.3 Å². The average Bonchev–Trinajstić information content (AvgIpc) is 2.61. The Morgan fingerprint density at radius 1 is 1.41 bits per heavy atom. The summed E-state index contributed by atoms with van der Waals surface area (Å²) in [6.07, 6.45) is 3.86. The maximum atomic E-state index is 13.3. The van der Waals surface area contributed by atoms with Crippen molar-refractivity contribution in [1.82, 2.24) is 0 Å². The molecule has 2 atom stereocenters. The molecule has 1 aromatic rings. The number of alkyl halides is 1. The molecular formula is C15H20BrF. The van der Waals surface area contributed by atoms with E-state index in [0.29, 0.717) is 16.2 Å². The summed E-state index contributed by atoms with van der Waals surface area (Å²) in [7, 11) is 0. The van der Waals surface area contributed by atoms with Crippen molar-refractivity contribution in [3.05, 3.63) is 35.1 Å². The molecule has 1 aromatic carbocycles. The SMILES string of the molecule is Cc1cc(C(Br)C2CCCC2(C)C)ccc1F. The van der Waals surface area contributed by atoms with Crippen LogP contribution >= 0.6 is 15.9 Å². The van der Waals surface area contributed by atoms with Crippen molar-refractivity contribution in [2.45, 2.75) is 44.9 Å². The molecule has 0 radical (unpaired) electrons. The van der Waals surface area contributed by atoms with Crippen LogP contribution in [0.3, 0.4) is 0 Å². The van der Waals surface area contributed by atoms with E-state index >= 15 is 0 Å². The van der Waals surface area contributed by atoms with Gasteiger partial charge in [0.2, 0.25) is 0 Å². The van der Waals surface area contributed by atoms with Gasteiger partial charge in [-0.25, -0.2) is 4.39 Å². The highest BCUT2D eigenvalue weighted by molar-refractivity contribution is 9.09. The molecule has 1 aliphatic carbocycles. The number of aryl methyl sites for hydroxylation is 1. The number of hydrogen-bond acceptors (Lipinski definition) is 0. The summed E-state index contributed by atoms with van der Waals surface area (Å²) >= 11 is 3.82. The first-order chi connectivity index (χ1) is 7.92. The van der Waals surface area contributed by atoms with Gasteiger partial charge in [0.1, 0.15) is 5.82 Å². The fraction of sp³-hybridized carbons (Fsp3) is 0.600. The monoisotopic (exact) mass is 298 g/mol. The Labute approximate surface area is 112 Å². The minimum absolute atomic E-state index is 0.112. The zero-order chi connectivity index (χ0) is 12.6. The quantitative estimate of drug-likeness (QED) is 0.642. The lowest BCUT2D eigenvalue weighted by molar-refractivity contribution is 0.257. The second kappa shape index (κ2) is 4.72. The maximum Gasteiger partial charge on any atom is 0.126 e. The molecule has 2 unspecified atom stereocenters. The molecule has 17 heavy (non-hydrogen) atoms. The standard InChI is InChI=1S/C15H20BrF/c1-10-9-11(6-7-13(10)17)14(16)12-5-4-8-15(12,2)3/h6-7,9,12,14H,4-5,8H2,1-3H3. The minimum atomic E-state index is -0.112. The third-order valence-corrected chi connectivity index (χ3v) is 5.36. The molecule has 94 valence electrons. The molecule has 0 bridgehead atoms. The van der Waals surface area contributed by atoms with Gasteiger partial charge in [-0.3, -0.25) is 0 Å². The molecule has 0 heterocycles. The molecule has 0 saturated heterocycles. The van der Waals surface area contributed by atoms with E-state index in [-0.39, 0.29) is 5.82 Å². The van der Waals surface area contributed by atoms with E-state index in [1.807, 2.05) is 19.1 Å². The fourth-order valence-corrected chi connectivity index (χ4v) is 4.23. The summed E-state index contributed by atoms with van der Waals surface area (Å²) in [5.41, 5.74) is 2.34. The van der Waals surface area contributed by atoms with Gasteiger partial charge in [-0.05, 0) is 48.3 Å². The lowest BCUT2D eigenvalue weighted by atomic mass is 9.78. The second-order valence-electron chi connectivity index (χ2n) is 5.90. The van der Waals surface area contributed by atoms with Crippen molar-refractivity contribution < 1.29 is 4.39 Å². The van der Waals surface area contributed by atoms with Crippen LogP contribution in [0.5, 0.6) is 0 Å². The van der Waals surface area contributed by atoms with Crippen molar-refractivity contribution in [3.8, 4) is 0 Å². The highest BCUT2D eigenvalue weighted by Gasteiger charge is 2.39. The van der Waals surface area contributed by atoms with Crippen LogP contribution in [0.1, 0.15) is 49.1 Å². The molecule has 0 aliphatic heterocycles. The Bertz CT molecular complexity index is 411. The number of rotatable bonds is 2. The topological polar surface area (TPSA) is 0 Å². The second-order valence-corrected chi connectivity index (χ2v) is 6.88. The lowest BCUT2D eigenvalue weighted by Gasteiger charge is -2.31. The Hall–Kier alpha value is -0.370. The highest BCUT2D eigenvalue weighted by atomic mass is 79.9. The summed E-state index contributed by atoms with van der Waals surface area (Å²) in [5, 5.41) is 0. The third-order valence-electron chi connectivity index (χ3n) is 4.19. The first-order valence-electron chi connectivity index (χ1n) is 6.32. The summed E-state index contributed by atoms with van der Waals surface area (Å²) in [6, 6.07) is 5.47. The van der Waals surface area contributed by atoms with Crippen LogP contribution in [0, 0.1) is 24.1 Å². The van der Waals surface area contributed by atoms with Crippen LogP contribution in [0.4, 0.5) is 4.39 Å². The number of hydrogen-bond donors (Lipinski definition) is 0. The summed E-state index contributed by atoms with van der Waals surface area (Å²) in [6.45, 7) is 6.52. The van der Waals surface area contributed by atoms with E-state index in [1.54, 1.807) is 6.07 Å². The minimum Gasteiger partial charge on any atom is -0.207 e. The lowest BCUT2D eigenvalue weighted by Crippen LogP contribution is -2.21. The molecule has 0 amide bonds. The molecule has 0 nitrogen and oxygen atoms in total. The van der Waals surface area contributed by atoms with E-state index < -0.39 is 0 Å². The summed E-state index contributed by atoms with van der Waals surface area (Å²) in [5.74, 6) is 0.534. The molecule has 1 aliphatic rings. The van der Waals surface area contributed by atoms with Gasteiger partial charge in [0.05, 0.1) is 0 Å². The van der Waals surface area contributed by atoms with E-state index in [0.717, 1.165) is 5.56 Å². The molecule has 0 aromatic heterocycles. The number of benzene rings is 1. The molecule has 2 heteroatoms. The maximum absolute atomic E-state index is 13.3. The van der Waals surface area contributed by atoms with Gasteiger partial charge >= 0.3 is 0 Å². The van der Waals surface area contributed by atoms with Gasteiger partial charge in [-0.2, -0.15) is 0 Å².